The Morgan fingerprint density at radius 1 is 1.38 bits per heavy atom. The molecule has 0 bridgehead atoms. The average Bonchev–Trinajstić information content (AvgIpc) is 2.79. The third-order valence-electron chi connectivity index (χ3n) is 3.69. The fourth-order valence-corrected chi connectivity index (χ4v) is 2.53. The van der Waals surface area contributed by atoms with E-state index in [2.05, 4.69) is 6.58 Å². The van der Waals surface area contributed by atoms with Gasteiger partial charge < -0.3 is 19.3 Å². The molecule has 0 aliphatic carbocycles. The van der Waals surface area contributed by atoms with Crippen LogP contribution in [0.2, 0.25) is 0 Å². The molecule has 21 heavy (non-hydrogen) atoms. The summed E-state index contributed by atoms with van der Waals surface area (Å²) in [6, 6.07) is 5.20. The second-order valence-corrected chi connectivity index (χ2v) is 4.93. The molecule has 0 amide bonds. The van der Waals surface area contributed by atoms with Crippen LogP contribution in [0, 0.1) is 5.92 Å². The normalized spacial score (nSPS) is 24.5. The van der Waals surface area contributed by atoms with Crippen LogP contribution in [-0.4, -0.2) is 31.4 Å². The lowest BCUT2D eigenvalue weighted by Gasteiger charge is -2.18. The Balaban J connectivity index is 2.29. The Labute approximate surface area is 124 Å². The topological polar surface area (TPSA) is 65.0 Å². The standard InChI is InChI=1S/C16H20O5/c1-4-5-6-11-14(17)15(21-16(11)18)12-9-10(19-2)7-8-13(12)20-3/h4,7-9,11,14-15,17H,1,5-6H2,2-3H3/t11-,14-,15-/m1/s1. The minimum atomic E-state index is -0.904. The molecule has 1 aromatic rings. The number of rotatable bonds is 6. The van der Waals surface area contributed by atoms with E-state index in [0.29, 0.717) is 29.9 Å². The van der Waals surface area contributed by atoms with Crippen molar-refractivity contribution in [3.8, 4) is 11.5 Å². The summed E-state index contributed by atoms with van der Waals surface area (Å²) >= 11 is 0. The molecule has 1 aliphatic heterocycles. The van der Waals surface area contributed by atoms with Crippen molar-refractivity contribution in [3.05, 3.63) is 36.4 Å². The van der Waals surface area contributed by atoms with Crippen LogP contribution < -0.4 is 9.47 Å². The molecule has 0 saturated carbocycles. The molecule has 0 spiro atoms. The van der Waals surface area contributed by atoms with E-state index < -0.39 is 18.1 Å². The average molecular weight is 292 g/mol. The van der Waals surface area contributed by atoms with Crippen LogP contribution >= 0.6 is 0 Å². The molecule has 1 heterocycles. The summed E-state index contributed by atoms with van der Waals surface area (Å²) in [6.45, 7) is 3.63. The molecule has 1 N–H and O–H groups in total. The highest BCUT2D eigenvalue weighted by molar-refractivity contribution is 5.76. The number of methoxy groups -OCH3 is 2. The van der Waals surface area contributed by atoms with Crippen molar-refractivity contribution in [1.82, 2.24) is 0 Å². The second kappa shape index (κ2) is 6.63. The van der Waals surface area contributed by atoms with Crippen LogP contribution in [0.25, 0.3) is 0 Å². The van der Waals surface area contributed by atoms with Crippen molar-refractivity contribution < 1.29 is 24.1 Å². The third-order valence-corrected chi connectivity index (χ3v) is 3.69. The minimum absolute atomic E-state index is 0.390. The SMILES string of the molecule is C=CCC[C@H]1C(=O)O[C@H](c2cc(OC)ccc2OC)[C@@H]1O. The van der Waals surface area contributed by atoms with Crippen molar-refractivity contribution >= 4 is 5.97 Å². The molecule has 0 aromatic heterocycles. The molecule has 5 nitrogen and oxygen atoms in total. The molecule has 114 valence electrons. The zero-order valence-electron chi connectivity index (χ0n) is 12.2. The molecular formula is C16H20O5. The van der Waals surface area contributed by atoms with Crippen LogP contribution in [0.15, 0.2) is 30.9 Å². The van der Waals surface area contributed by atoms with E-state index in [1.807, 2.05) is 0 Å². The monoisotopic (exact) mass is 292 g/mol. The van der Waals surface area contributed by atoms with E-state index in [-0.39, 0.29) is 5.97 Å². The van der Waals surface area contributed by atoms with Gasteiger partial charge in [0.15, 0.2) is 6.10 Å². The molecule has 0 radical (unpaired) electrons. The van der Waals surface area contributed by atoms with Crippen molar-refractivity contribution in [1.29, 1.82) is 0 Å². The fourth-order valence-electron chi connectivity index (χ4n) is 2.53. The van der Waals surface area contributed by atoms with E-state index in [1.165, 1.54) is 7.11 Å². The van der Waals surface area contributed by atoms with Crippen molar-refractivity contribution in [3.63, 3.8) is 0 Å². The zero-order valence-corrected chi connectivity index (χ0v) is 12.2. The van der Waals surface area contributed by atoms with Gasteiger partial charge in [0.2, 0.25) is 0 Å². The molecule has 1 aliphatic rings. The van der Waals surface area contributed by atoms with E-state index in [4.69, 9.17) is 14.2 Å². The quantitative estimate of drug-likeness (QED) is 0.643. The number of allylic oxidation sites excluding steroid dienone is 1. The minimum Gasteiger partial charge on any atom is -0.497 e. The van der Waals surface area contributed by atoms with Crippen LogP contribution in [-0.2, 0) is 9.53 Å². The first-order chi connectivity index (χ1) is 10.1. The number of esters is 1. The molecule has 5 heteroatoms. The highest BCUT2D eigenvalue weighted by atomic mass is 16.6. The summed E-state index contributed by atoms with van der Waals surface area (Å²) in [5.74, 6) is 0.240. The lowest BCUT2D eigenvalue weighted by Crippen LogP contribution is -2.22. The predicted octanol–water partition coefficient (Wildman–Crippen LogP) is 2.25. The first-order valence-corrected chi connectivity index (χ1v) is 6.83. The molecule has 3 atom stereocenters. The van der Waals surface area contributed by atoms with Gasteiger partial charge in [0, 0.05) is 5.56 Å². The van der Waals surface area contributed by atoms with Crippen LogP contribution in [0.5, 0.6) is 11.5 Å². The fraction of sp³-hybridized carbons (Fsp3) is 0.438. The van der Waals surface area contributed by atoms with Gasteiger partial charge in [-0.15, -0.1) is 6.58 Å². The Kier molecular flexibility index (Phi) is 4.85. The summed E-state index contributed by atoms with van der Waals surface area (Å²) in [5, 5.41) is 10.4. The first-order valence-electron chi connectivity index (χ1n) is 6.83. The summed E-state index contributed by atoms with van der Waals surface area (Å²) in [6.07, 6.45) is 1.25. The first kappa shape index (κ1) is 15.4. The van der Waals surface area contributed by atoms with Crippen LogP contribution in [0.3, 0.4) is 0 Å². The Bertz CT molecular complexity index is 525. The van der Waals surface area contributed by atoms with Crippen molar-refractivity contribution in [2.75, 3.05) is 14.2 Å². The van der Waals surface area contributed by atoms with Crippen molar-refractivity contribution in [2.45, 2.75) is 25.0 Å². The Morgan fingerprint density at radius 3 is 2.76 bits per heavy atom. The van der Waals surface area contributed by atoms with Gasteiger partial charge in [-0.25, -0.2) is 0 Å². The van der Waals surface area contributed by atoms with Crippen molar-refractivity contribution in [2.24, 2.45) is 5.92 Å². The number of carbonyl (C=O) groups is 1. The third kappa shape index (κ3) is 3.03. The van der Waals surface area contributed by atoms with Gasteiger partial charge in [0.25, 0.3) is 0 Å². The van der Waals surface area contributed by atoms with Gasteiger partial charge in [-0.2, -0.15) is 0 Å². The number of hydrogen-bond donors (Lipinski definition) is 1. The lowest BCUT2D eigenvalue weighted by atomic mass is 9.92. The summed E-state index contributed by atoms with van der Waals surface area (Å²) < 4.78 is 15.8. The highest BCUT2D eigenvalue weighted by Crippen LogP contribution is 2.41. The van der Waals surface area contributed by atoms with Gasteiger partial charge in [0.05, 0.1) is 20.1 Å². The summed E-state index contributed by atoms with van der Waals surface area (Å²) in [5.41, 5.74) is 0.610. The smallest absolute Gasteiger partial charge is 0.312 e. The zero-order chi connectivity index (χ0) is 15.4. The summed E-state index contributed by atoms with van der Waals surface area (Å²) in [7, 11) is 3.08. The lowest BCUT2D eigenvalue weighted by molar-refractivity contribution is -0.144. The number of ether oxygens (including phenoxy) is 3. The molecule has 1 aromatic carbocycles. The molecular weight excluding hydrogens is 272 g/mol. The van der Waals surface area contributed by atoms with Gasteiger partial charge >= 0.3 is 5.97 Å². The largest absolute Gasteiger partial charge is 0.497 e. The molecule has 0 unspecified atom stereocenters. The number of benzene rings is 1. The predicted molar refractivity (Wildman–Crippen MR) is 77.3 cm³/mol. The second-order valence-electron chi connectivity index (χ2n) is 4.93. The van der Waals surface area contributed by atoms with Gasteiger partial charge in [-0.05, 0) is 31.0 Å². The van der Waals surface area contributed by atoms with Crippen LogP contribution in [0.1, 0.15) is 24.5 Å². The number of aliphatic hydroxyl groups is 1. The number of hydrogen-bond acceptors (Lipinski definition) is 5. The maximum Gasteiger partial charge on any atom is 0.312 e. The molecule has 1 fully saturated rings. The van der Waals surface area contributed by atoms with Crippen LogP contribution in [0.4, 0.5) is 0 Å². The Morgan fingerprint density at radius 2 is 2.14 bits per heavy atom. The summed E-state index contributed by atoms with van der Waals surface area (Å²) in [4.78, 5) is 11.9. The molecule has 1 saturated heterocycles. The van der Waals surface area contributed by atoms with E-state index in [1.54, 1.807) is 31.4 Å². The van der Waals surface area contributed by atoms with Gasteiger partial charge in [0.1, 0.15) is 17.6 Å². The van der Waals surface area contributed by atoms with Gasteiger partial charge in [-0.1, -0.05) is 6.08 Å². The Hall–Kier alpha value is -2.01. The van der Waals surface area contributed by atoms with E-state index in [0.717, 1.165) is 0 Å². The number of carbonyl (C=O) groups excluding carboxylic acids is 1. The van der Waals surface area contributed by atoms with E-state index in [9.17, 15) is 9.90 Å². The van der Waals surface area contributed by atoms with E-state index >= 15 is 0 Å². The maximum absolute atomic E-state index is 11.9. The molecule has 2 rings (SSSR count). The van der Waals surface area contributed by atoms with Gasteiger partial charge in [-0.3, -0.25) is 4.79 Å². The number of aliphatic hydroxyl groups excluding tert-OH is 1. The number of cyclic esters (lactones) is 1. The maximum atomic E-state index is 11.9. The highest BCUT2D eigenvalue weighted by Gasteiger charge is 2.44.